The number of β-amino-alcohol motifs (C(OH)–C–C–N with tert-alkyl or cyclic N) is 1. The molecule has 0 aromatic rings. The lowest BCUT2D eigenvalue weighted by atomic mass is 9.95. The molecule has 1 aliphatic heterocycles. The van der Waals surface area contributed by atoms with Gasteiger partial charge in [0.05, 0.1) is 5.60 Å². The Bertz CT molecular complexity index is 214. The number of carbonyl (C=O) groups is 1. The number of rotatable bonds is 5. The molecule has 0 bridgehead atoms. The van der Waals surface area contributed by atoms with Crippen LogP contribution in [0, 0.1) is 0 Å². The van der Waals surface area contributed by atoms with Gasteiger partial charge in [-0.25, -0.2) is 0 Å². The van der Waals surface area contributed by atoms with E-state index in [0.717, 1.165) is 38.9 Å². The Morgan fingerprint density at radius 1 is 1.53 bits per heavy atom. The van der Waals surface area contributed by atoms with Gasteiger partial charge in [0.15, 0.2) is 0 Å². The summed E-state index contributed by atoms with van der Waals surface area (Å²) in [5.41, 5.74) is -0.521. The van der Waals surface area contributed by atoms with Gasteiger partial charge in [-0.15, -0.1) is 0 Å². The topological polar surface area (TPSA) is 40.5 Å². The number of piperidine rings is 1. The van der Waals surface area contributed by atoms with Gasteiger partial charge in [-0.2, -0.15) is 0 Å². The Kier molecular flexibility index (Phi) is 4.74. The summed E-state index contributed by atoms with van der Waals surface area (Å²) in [5.74, 6) is 0.346. The molecule has 0 aliphatic carbocycles. The highest BCUT2D eigenvalue weighted by Gasteiger charge is 2.27. The first kappa shape index (κ1) is 12.7. The Labute approximate surface area is 92.5 Å². The van der Waals surface area contributed by atoms with Crippen LogP contribution in [0.5, 0.6) is 0 Å². The molecule has 0 saturated carbocycles. The summed E-state index contributed by atoms with van der Waals surface area (Å²) < 4.78 is 0. The quantitative estimate of drug-likeness (QED) is 0.754. The van der Waals surface area contributed by atoms with Crippen molar-refractivity contribution in [3.05, 3.63) is 0 Å². The first-order valence-corrected chi connectivity index (χ1v) is 6.00. The van der Waals surface area contributed by atoms with Crippen LogP contribution in [-0.2, 0) is 4.79 Å². The van der Waals surface area contributed by atoms with E-state index in [0.29, 0.717) is 18.6 Å². The maximum atomic E-state index is 11.1. The summed E-state index contributed by atoms with van der Waals surface area (Å²) in [4.78, 5) is 13.4. The molecule has 1 heterocycles. The van der Waals surface area contributed by atoms with E-state index < -0.39 is 5.60 Å². The third-order valence-electron chi connectivity index (χ3n) is 3.08. The first-order valence-electron chi connectivity index (χ1n) is 6.00. The standard InChI is InChI=1S/C12H23NO2/c1-3-11(14)6-4-8-13-9-5-7-12(2,15)10-13/h15H,3-10H2,1-2H3. The summed E-state index contributed by atoms with van der Waals surface area (Å²) in [6, 6.07) is 0. The fraction of sp³-hybridized carbons (Fsp3) is 0.917. The molecule has 0 aromatic carbocycles. The van der Waals surface area contributed by atoms with Crippen LogP contribution in [0.2, 0.25) is 0 Å². The zero-order valence-corrected chi connectivity index (χ0v) is 9.96. The summed E-state index contributed by atoms with van der Waals surface area (Å²) in [5, 5.41) is 9.89. The van der Waals surface area contributed by atoms with E-state index in [1.165, 1.54) is 0 Å². The molecular weight excluding hydrogens is 190 g/mol. The van der Waals surface area contributed by atoms with Gasteiger partial charge >= 0.3 is 0 Å². The Balaban J connectivity index is 2.18. The molecule has 1 N–H and O–H groups in total. The molecule has 1 rings (SSSR count). The number of hydrogen-bond donors (Lipinski definition) is 1. The smallest absolute Gasteiger partial charge is 0.132 e. The number of likely N-dealkylation sites (tertiary alicyclic amines) is 1. The van der Waals surface area contributed by atoms with Gasteiger partial charge in [-0.3, -0.25) is 4.79 Å². The van der Waals surface area contributed by atoms with Crippen LogP contribution in [0.1, 0.15) is 46.0 Å². The van der Waals surface area contributed by atoms with Crippen molar-refractivity contribution in [2.75, 3.05) is 19.6 Å². The predicted molar refractivity (Wildman–Crippen MR) is 60.8 cm³/mol. The molecule has 1 unspecified atom stereocenters. The average Bonchev–Trinajstić information content (AvgIpc) is 2.16. The molecule has 15 heavy (non-hydrogen) atoms. The number of ketones is 1. The number of Topliss-reactive ketones (excluding diaryl/α,β-unsaturated/α-hetero) is 1. The fourth-order valence-corrected chi connectivity index (χ4v) is 2.19. The lowest BCUT2D eigenvalue weighted by Crippen LogP contribution is -2.46. The van der Waals surface area contributed by atoms with Crippen molar-refractivity contribution in [1.82, 2.24) is 4.90 Å². The molecule has 0 amide bonds. The maximum absolute atomic E-state index is 11.1. The monoisotopic (exact) mass is 213 g/mol. The van der Waals surface area contributed by atoms with Crippen LogP contribution in [0.3, 0.4) is 0 Å². The van der Waals surface area contributed by atoms with Crippen LogP contribution in [0.4, 0.5) is 0 Å². The second kappa shape index (κ2) is 5.61. The molecule has 0 aromatic heterocycles. The van der Waals surface area contributed by atoms with Gasteiger partial charge in [0, 0.05) is 19.4 Å². The van der Waals surface area contributed by atoms with Gasteiger partial charge < -0.3 is 10.0 Å². The Morgan fingerprint density at radius 3 is 2.87 bits per heavy atom. The van der Waals surface area contributed by atoms with Crippen molar-refractivity contribution < 1.29 is 9.90 Å². The maximum Gasteiger partial charge on any atom is 0.132 e. The van der Waals surface area contributed by atoms with Crippen molar-refractivity contribution in [1.29, 1.82) is 0 Å². The summed E-state index contributed by atoms with van der Waals surface area (Å²) in [6.07, 6.45) is 4.24. The van der Waals surface area contributed by atoms with Crippen LogP contribution in [-0.4, -0.2) is 41.0 Å². The SMILES string of the molecule is CCC(=O)CCCN1CCCC(C)(O)C1. The van der Waals surface area contributed by atoms with E-state index in [1.807, 2.05) is 13.8 Å². The average molecular weight is 213 g/mol. The predicted octanol–water partition coefficient (Wildman–Crippen LogP) is 1.59. The minimum Gasteiger partial charge on any atom is -0.389 e. The summed E-state index contributed by atoms with van der Waals surface area (Å²) in [6.45, 7) is 6.58. The lowest BCUT2D eigenvalue weighted by Gasteiger charge is -2.36. The molecule has 0 spiro atoms. The lowest BCUT2D eigenvalue weighted by molar-refractivity contribution is -0.118. The van der Waals surface area contributed by atoms with Crippen LogP contribution in [0.25, 0.3) is 0 Å². The number of aliphatic hydroxyl groups is 1. The molecular formula is C12H23NO2. The van der Waals surface area contributed by atoms with E-state index in [1.54, 1.807) is 0 Å². The molecule has 1 saturated heterocycles. The second-order valence-electron chi connectivity index (χ2n) is 4.87. The molecule has 88 valence electrons. The van der Waals surface area contributed by atoms with Crippen molar-refractivity contribution in [3.8, 4) is 0 Å². The summed E-state index contributed by atoms with van der Waals surface area (Å²) >= 11 is 0. The second-order valence-corrected chi connectivity index (χ2v) is 4.87. The van der Waals surface area contributed by atoms with Gasteiger partial charge in [0.1, 0.15) is 5.78 Å². The normalized spacial score (nSPS) is 27.9. The Hall–Kier alpha value is -0.410. The number of nitrogens with zero attached hydrogens (tertiary/aromatic N) is 1. The van der Waals surface area contributed by atoms with E-state index >= 15 is 0 Å². The number of hydrogen-bond acceptors (Lipinski definition) is 3. The van der Waals surface area contributed by atoms with Gasteiger partial charge in [-0.05, 0) is 39.3 Å². The zero-order chi connectivity index (χ0) is 11.3. The van der Waals surface area contributed by atoms with Gasteiger partial charge in [0.25, 0.3) is 0 Å². The van der Waals surface area contributed by atoms with E-state index in [2.05, 4.69) is 4.90 Å². The van der Waals surface area contributed by atoms with Crippen LogP contribution < -0.4 is 0 Å². The highest BCUT2D eigenvalue weighted by Crippen LogP contribution is 2.20. The minimum absolute atomic E-state index is 0.346. The molecule has 3 heteroatoms. The van der Waals surface area contributed by atoms with Crippen molar-refractivity contribution >= 4 is 5.78 Å². The molecule has 3 nitrogen and oxygen atoms in total. The highest BCUT2D eigenvalue weighted by atomic mass is 16.3. The Morgan fingerprint density at radius 2 is 2.27 bits per heavy atom. The van der Waals surface area contributed by atoms with Crippen molar-refractivity contribution in [2.45, 2.75) is 51.6 Å². The van der Waals surface area contributed by atoms with Crippen LogP contribution >= 0.6 is 0 Å². The third-order valence-corrected chi connectivity index (χ3v) is 3.08. The third kappa shape index (κ3) is 4.76. The fourth-order valence-electron chi connectivity index (χ4n) is 2.19. The van der Waals surface area contributed by atoms with E-state index in [-0.39, 0.29) is 0 Å². The minimum atomic E-state index is -0.521. The highest BCUT2D eigenvalue weighted by molar-refractivity contribution is 5.77. The largest absolute Gasteiger partial charge is 0.389 e. The zero-order valence-electron chi connectivity index (χ0n) is 9.96. The van der Waals surface area contributed by atoms with E-state index in [9.17, 15) is 9.90 Å². The molecule has 1 atom stereocenters. The van der Waals surface area contributed by atoms with Gasteiger partial charge in [0.2, 0.25) is 0 Å². The van der Waals surface area contributed by atoms with Crippen LogP contribution in [0.15, 0.2) is 0 Å². The molecule has 0 radical (unpaired) electrons. The first-order chi connectivity index (χ1) is 7.03. The molecule has 1 fully saturated rings. The molecule has 1 aliphatic rings. The van der Waals surface area contributed by atoms with Gasteiger partial charge in [-0.1, -0.05) is 6.92 Å². The summed E-state index contributed by atoms with van der Waals surface area (Å²) in [7, 11) is 0. The van der Waals surface area contributed by atoms with Crippen molar-refractivity contribution in [3.63, 3.8) is 0 Å². The number of carbonyl (C=O) groups excluding carboxylic acids is 1. The van der Waals surface area contributed by atoms with Crippen molar-refractivity contribution in [2.24, 2.45) is 0 Å². The van der Waals surface area contributed by atoms with E-state index in [4.69, 9.17) is 0 Å².